The Morgan fingerprint density at radius 3 is 3.11 bits per heavy atom. The van der Waals surface area contributed by atoms with Crippen LogP contribution in [0.25, 0.3) is 0 Å². The van der Waals surface area contributed by atoms with Gasteiger partial charge in [-0.2, -0.15) is 0 Å². The zero-order chi connectivity index (χ0) is 12.4. The van der Waals surface area contributed by atoms with Crippen molar-refractivity contribution in [1.82, 2.24) is 14.9 Å². The van der Waals surface area contributed by atoms with Crippen molar-refractivity contribution >= 4 is 0 Å². The van der Waals surface area contributed by atoms with Crippen LogP contribution in [-0.2, 0) is 24.1 Å². The average Bonchev–Trinajstić information content (AvgIpc) is 3.20. The zero-order valence-electron chi connectivity index (χ0n) is 11.1. The molecule has 0 amide bonds. The van der Waals surface area contributed by atoms with E-state index in [1.807, 2.05) is 13.1 Å². The van der Waals surface area contributed by atoms with Crippen LogP contribution < -0.4 is 0 Å². The maximum absolute atomic E-state index is 5.48. The Kier molecular flexibility index (Phi) is 3.57. The molecule has 2 aliphatic rings. The Labute approximate surface area is 108 Å². The molecule has 2 heterocycles. The first-order valence-corrected chi connectivity index (χ1v) is 6.99. The topological polar surface area (TPSA) is 38.2 Å². The van der Waals surface area contributed by atoms with Crippen molar-refractivity contribution in [2.75, 3.05) is 19.9 Å². The molecule has 0 atom stereocenters. The van der Waals surface area contributed by atoms with Crippen LogP contribution in [0.3, 0.4) is 0 Å². The summed E-state index contributed by atoms with van der Waals surface area (Å²) in [6.45, 7) is 5.50. The van der Waals surface area contributed by atoms with Crippen LogP contribution in [0.1, 0.15) is 36.8 Å². The highest BCUT2D eigenvalue weighted by Crippen LogP contribution is 2.31. The molecule has 0 aromatic carbocycles. The Bertz CT molecular complexity index is 418. The first kappa shape index (κ1) is 12.1. The molecule has 1 saturated carbocycles. The van der Waals surface area contributed by atoms with E-state index in [0.29, 0.717) is 0 Å². The van der Waals surface area contributed by atoms with Crippen molar-refractivity contribution in [1.29, 1.82) is 0 Å². The second-order valence-corrected chi connectivity index (χ2v) is 5.33. The van der Waals surface area contributed by atoms with Crippen molar-refractivity contribution in [3.05, 3.63) is 23.3 Å². The minimum absolute atomic E-state index is 0.720. The second-order valence-electron chi connectivity index (χ2n) is 5.33. The molecular weight excluding hydrogens is 226 g/mol. The van der Waals surface area contributed by atoms with Crippen LogP contribution in [0.15, 0.2) is 6.20 Å². The Hall–Kier alpha value is -1.00. The highest BCUT2D eigenvalue weighted by Gasteiger charge is 2.24. The quantitative estimate of drug-likeness (QED) is 0.795. The molecule has 18 heavy (non-hydrogen) atoms. The van der Waals surface area contributed by atoms with Gasteiger partial charge in [0, 0.05) is 32.3 Å². The van der Waals surface area contributed by atoms with Crippen molar-refractivity contribution in [3.63, 3.8) is 0 Å². The van der Waals surface area contributed by atoms with Crippen molar-refractivity contribution in [2.45, 2.75) is 39.2 Å². The lowest BCUT2D eigenvalue weighted by molar-refractivity contribution is 0.0269. The molecular formula is C14H21N3O. The third-order valence-corrected chi connectivity index (χ3v) is 3.72. The summed E-state index contributed by atoms with van der Waals surface area (Å²) >= 11 is 0. The number of hydrogen-bond acceptors (Lipinski definition) is 4. The average molecular weight is 247 g/mol. The highest BCUT2D eigenvalue weighted by atomic mass is 16.5. The van der Waals surface area contributed by atoms with Crippen molar-refractivity contribution < 1.29 is 4.74 Å². The number of hydrogen-bond donors (Lipinski definition) is 0. The summed E-state index contributed by atoms with van der Waals surface area (Å²) in [5.41, 5.74) is 2.54. The van der Waals surface area contributed by atoms with E-state index in [0.717, 1.165) is 51.0 Å². The molecule has 1 aromatic heterocycles. The molecule has 0 spiro atoms. The minimum Gasteiger partial charge on any atom is -0.366 e. The molecule has 98 valence electrons. The normalized spacial score (nSPS) is 19.8. The van der Waals surface area contributed by atoms with E-state index in [9.17, 15) is 0 Å². The zero-order valence-corrected chi connectivity index (χ0v) is 11.1. The summed E-state index contributed by atoms with van der Waals surface area (Å²) in [6, 6.07) is 0. The molecule has 1 aliphatic carbocycles. The monoisotopic (exact) mass is 247 g/mol. The number of rotatable bonds is 5. The van der Waals surface area contributed by atoms with Crippen LogP contribution in [0.2, 0.25) is 0 Å². The Morgan fingerprint density at radius 2 is 2.33 bits per heavy atom. The van der Waals surface area contributed by atoms with Gasteiger partial charge in [0.15, 0.2) is 0 Å². The lowest BCUT2D eigenvalue weighted by atomic mass is 10.1. The summed E-state index contributed by atoms with van der Waals surface area (Å²) in [7, 11) is 0. The van der Waals surface area contributed by atoms with E-state index in [-0.39, 0.29) is 0 Å². The van der Waals surface area contributed by atoms with Gasteiger partial charge in [0.2, 0.25) is 0 Å². The van der Waals surface area contributed by atoms with Gasteiger partial charge in [0.05, 0.1) is 12.4 Å². The van der Waals surface area contributed by atoms with Gasteiger partial charge in [-0.3, -0.25) is 4.90 Å². The molecule has 0 unspecified atom stereocenters. The largest absolute Gasteiger partial charge is 0.366 e. The molecule has 1 aromatic rings. The minimum atomic E-state index is 0.720. The molecule has 4 heteroatoms. The third kappa shape index (κ3) is 2.87. The molecule has 0 N–H and O–H groups in total. The van der Waals surface area contributed by atoms with Gasteiger partial charge in [-0.25, -0.2) is 9.97 Å². The fourth-order valence-electron chi connectivity index (χ4n) is 2.41. The Balaban J connectivity index is 1.67. The van der Waals surface area contributed by atoms with E-state index in [1.54, 1.807) is 0 Å². The Morgan fingerprint density at radius 1 is 1.44 bits per heavy atom. The van der Waals surface area contributed by atoms with E-state index in [4.69, 9.17) is 9.72 Å². The first-order chi connectivity index (χ1) is 8.85. The smallest absolute Gasteiger partial charge is 0.128 e. The van der Waals surface area contributed by atoms with Crippen molar-refractivity contribution in [2.24, 2.45) is 5.92 Å². The van der Waals surface area contributed by atoms with Gasteiger partial charge in [0.25, 0.3) is 0 Å². The van der Waals surface area contributed by atoms with E-state index in [2.05, 4.69) is 9.88 Å². The molecule has 1 aliphatic heterocycles. The molecule has 0 saturated heterocycles. The lowest BCUT2D eigenvalue weighted by Gasteiger charge is -2.27. The van der Waals surface area contributed by atoms with E-state index < -0.39 is 0 Å². The van der Waals surface area contributed by atoms with Crippen LogP contribution in [0.4, 0.5) is 0 Å². The van der Waals surface area contributed by atoms with Crippen LogP contribution in [0, 0.1) is 5.92 Å². The van der Waals surface area contributed by atoms with Gasteiger partial charge in [-0.1, -0.05) is 0 Å². The number of nitrogens with zero attached hydrogens (tertiary/aromatic N) is 3. The van der Waals surface area contributed by atoms with E-state index >= 15 is 0 Å². The summed E-state index contributed by atoms with van der Waals surface area (Å²) in [5.74, 6) is 1.89. The van der Waals surface area contributed by atoms with Crippen molar-refractivity contribution in [3.8, 4) is 0 Å². The predicted molar refractivity (Wildman–Crippen MR) is 69.1 cm³/mol. The molecule has 3 rings (SSSR count). The maximum Gasteiger partial charge on any atom is 0.128 e. The highest BCUT2D eigenvalue weighted by molar-refractivity contribution is 5.20. The number of fused-ring (bicyclic) bond motifs is 1. The van der Waals surface area contributed by atoms with Gasteiger partial charge in [-0.15, -0.1) is 0 Å². The lowest BCUT2D eigenvalue weighted by Crippen LogP contribution is -2.33. The predicted octanol–water partition coefficient (Wildman–Crippen LogP) is 1.78. The van der Waals surface area contributed by atoms with Crippen LogP contribution >= 0.6 is 0 Å². The SMILES string of the molecule is CCOCN1CCc2cnc(CC3CC3)nc2C1. The fourth-order valence-corrected chi connectivity index (χ4v) is 2.41. The fraction of sp³-hybridized carbons (Fsp3) is 0.714. The summed E-state index contributed by atoms with van der Waals surface area (Å²) in [6.07, 6.45) is 6.87. The van der Waals surface area contributed by atoms with Gasteiger partial charge in [0.1, 0.15) is 5.82 Å². The second kappa shape index (κ2) is 5.33. The molecule has 1 fully saturated rings. The standard InChI is InChI=1S/C14H21N3O/c1-2-18-10-17-6-5-12-8-15-14(7-11-3-4-11)16-13(12)9-17/h8,11H,2-7,9-10H2,1H3. The third-order valence-electron chi connectivity index (χ3n) is 3.72. The van der Waals surface area contributed by atoms with Gasteiger partial charge in [-0.05, 0) is 37.7 Å². The summed E-state index contributed by atoms with van der Waals surface area (Å²) < 4.78 is 5.48. The molecule has 0 radical (unpaired) electrons. The van der Waals surface area contributed by atoms with E-state index in [1.165, 1.54) is 24.1 Å². The maximum atomic E-state index is 5.48. The van der Waals surface area contributed by atoms with Crippen LogP contribution in [-0.4, -0.2) is 34.8 Å². The summed E-state index contributed by atoms with van der Waals surface area (Å²) in [4.78, 5) is 11.6. The number of aromatic nitrogens is 2. The molecule has 4 nitrogen and oxygen atoms in total. The number of ether oxygens (including phenoxy) is 1. The van der Waals surface area contributed by atoms with Gasteiger partial charge < -0.3 is 4.74 Å². The van der Waals surface area contributed by atoms with Crippen LogP contribution in [0.5, 0.6) is 0 Å². The first-order valence-electron chi connectivity index (χ1n) is 6.99. The summed E-state index contributed by atoms with van der Waals surface area (Å²) in [5, 5.41) is 0. The molecule has 0 bridgehead atoms. The van der Waals surface area contributed by atoms with Gasteiger partial charge >= 0.3 is 0 Å².